The number of hydrogen-bond acceptors (Lipinski definition) is 4. The fraction of sp³-hybridized carbons (Fsp3) is 0.636. The maximum atomic E-state index is 11.7. The molecule has 1 heterocycles. The van der Waals surface area contributed by atoms with Crippen LogP contribution in [0.1, 0.15) is 50.1 Å². The molecule has 0 radical (unpaired) electrons. The zero-order chi connectivity index (χ0) is 13.1. The molecule has 1 amide bonds. The second-order valence-electron chi connectivity index (χ2n) is 4.88. The Hall–Kier alpha value is -1.90. The highest BCUT2D eigenvalue weighted by Crippen LogP contribution is 2.11. The second-order valence-corrected chi connectivity index (χ2v) is 4.88. The van der Waals surface area contributed by atoms with Crippen LogP contribution in [0.2, 0.25) is 0 Å². The smallest absolute Gasteiger partial charge is 0.291 e. The quantitative estimate of drug-likeness (QED) is 0.820. The molecule has 0 aromatic carbocycles. The van der Waals surface area contributed by atoms with Gasteiger partial charge in [-0.15, -0.1) is 5.10 Å². The number of nitriles is 1. The standard InChI is InChI=1S/C11H17N5O/c1-7(2)8-14-9(16-15-8)10(17)13-6-11(3,4)5-12/h7H,6H2,1-4H3,(H,13,17)(H,14,15,16). The molecule has 0 atom stereocenters. The fourth-order valence-corrected chi connectivity index (χ4v) is 1.05. The Kier molecular flexibility index (Phi) is 3.84. The van der Waals surface area contributed by atoms with Crippen LogP contribution in [0.3, 0.4) is 0 Å². The fourth-order valence-electron chi connectivity index (χ4n) is 1.05. The molecule has 0 aliphatic heterocycles. The molecule has 6 nitrogen and oxygen atoms in total. The Morgan fingerprint density at radius 1 is 1.59 bits per heavy atom. The van der Waals surface area contributed by atoms with Gasteiger partial charge in [0.25, 0.3) is 5.91 Å². The van der Waals surface area contributed by atoms with Crippen molar-refractivity contribution in [1.29, 1.82) is 5.26 Å². The average Bonchev–Trinajstić information content (AvgIpc) is 2.75. The lowest BCUT2D eigenvalue weighted by molar-refractivity contribution is 0.0933. The van der Waals surface area contributed by atoms with Gasteiger partial charge in [-0.05, 0) is 13.8 Å². The Balaban J connectivity index is 2.62. The maximum absolute atomic E-state index is 11.7. The maximum Gasteiger partial charge on any atom is 0.291 e. The van der Waals surface area contributed by atoms with E-state index < -0.39 is 5.41 Å². The Morgan fingerprint density at radius 2 is 2.24 bits per heavy atom. The highest BCUT2D eigenvalue weighted by Gasteiger charge is 2.20. The molecule has 0 fully saturated rings. The highest BCUT2D eigenvalue weighted by molar-refractivity contribution is 5.90. The normalized spacial score (nSPS) is 11.3. The van der Waals surface area contributed by atoms with Gasteiger partial charge < -0.3 is 5.32 Å². The molecule has 0 bridgehead atoms. The van der Waals surface area contributed by atoms with Gasteiger partial charge in [0.1, 0.15) is 5.82 Å². The first-order valence-corrected chi connectivity index (χ1v) is 5.47. The molecule has 0 aliphatic carbocycles. The van der Waals surface area contributed by atoms with Crippen molar-refractivity contribution in [3.8, 4) is 6.07 Å². The first kappa shape index (κ1) is 13.2. The number of amides is 1. The van der Waals surface area contributed by atoms with Crippen LogP contribution < -0.4 is 5.32 Å². The summed E-state index contributed by atoms with van der Waals surface area (Å²) in [6.07, 6.45) is 0. The first-order valence-electron chi connectivity index (χ1n) is 5.47. The topological polar surface area (TPSA) is 94.5 Å². The summed E-state index contributed by atoms with van der Waals surface area (Å²) in [5, 5.41) is 18.0. The Bertz CT molecular complexity index is 441. The van der Waals surface area contributed by atoms with Crippen molar-refractivity contribution < 1.29 is 4.79 Å². The van der Waals surface area contributed by atoms with Gasteiger partial charge in [-0.3, -0.25) is 9.89 Å². The second kappa shape index (κ2) is 4.95. The lowest BCUT2D eigenvalue weighted by atomic mass is 9.96. The van der Waals surface area contributed by atoms with Crippen molar-refractivity contribution in [3.05, 3.63) is 11.6 Å². The van der Waals surface area contributed by atoms with E-state index in [2.05, 4.69) is 26.6 Å². The monoisotopic (exact) mass is 235 g/mol. The minimum atomic E-state index is -0.590. The summed E-state index contributed by atoms with van der Waals surface area (Å²) in [6.45, 7) is 7.70. The van der Waals surface area contributed by atoms with Gasteiger partial charge in [0.15, 0.2) is 0 Å². The van der Waals surface area contributed by atoms with E-state index >= 15 is 0 Å². The lowest BCUT2D eigenvalue weighted by Gasteiger charge is -2.14. The number of aromatic amines is 1. The van der Waals surface area contributed by atoms with Gasteiger partial charge >= 0.3 is 0 Å². The predicted molar refractivity (Wildman–Crippen MR) is 62.2 cm³/mol. The zero-order valence-corrected chi connectivity index (χ0v) is 10.5. The summed E-state index contributed by atoms with van der Waals surface area (Å²) >= 11 is 0. The van der Waals surface area contributed by atoms with Crippen LogP contribution in [0.5, 0.6) is 0 Å². The lowest BCUT2D eigenvalue weighted by Crippen LogP contribution is -2.33. The van der Waals surface area contributed by atoms with E-state index in [4.69, 9.17) is 5.26 Å². The van der Waals surface area contributed by atoms with Crippen molar-refractivity contribution in [1.82, 2.24) is 20.5 Å². The number of nitrogens with one attached hydrogen (secondary N) is 2. The van der Waals surface area contributed by atoms with Crippen molar-refractivity contribution in [2.75, 3.05) is 6.54 Å². The van der Waals surface area contributed by atoms with Gasteiger partial charge in [0, 0.05) is 12.5 Å². The van der Waals surface area contributed by atoms with Crippen LogP contribution >= 0.6 is 0 Å². The van der Waals surface area contributed by atoms with E-state index in [-0.39, 0.29) is 24.2 Å². The molecule has 6 heteroatoms. The molecular weight excluding hydrogens is 218 g/mol. The van der Waals surface area contributed by atoms with Gasteiger partial charge in [-0.25, -0.2) is 4.98 Å². The summed E-state index contributed by atoms with van der Waals surface area (Å²) in [7, 11) is 0. The number of rotatable bonds is 4. The van der Waals surface area contributed by atoms with Crippen LogP contribution in [-0.4, -0.2) is 27.6 Å². The van der Waals surface area contributed by atoms with Crippen molar-refractivity contribution in [3.63, 3.8) is 0 Å². The van der Waals surface area contributed by atoms with Crippen LogP contribution in [0.4, 0.5) is 0 Å². The van der Waals surface area contributed by atoms with E-state index in [9.17, 15) is 4.79 Å². The summed E-state index contributed by atoms with van der Waals surface area (Å²) < 4.78 is 0. The summed E-state index contributed by atoms with van der Waals surface area (Å²) in [5.41, 5.74) is -0.590. The van der Waals surface area contributed by atoms with Gasteiger partial charge in [-0.2, -0.15) is 5.26 Å². The summed E-state index contributed by atoms with van der Waals surface area (Å²) in [6, 6.07) is 2.11. The molecular formula is C11H17N5O. The molecule has 1 aromatic heterocycles. The van der Waals surface area contributed by atoms with Crippen LogP contribution in [0.15, 0.2) is 0 Å². The zero-order valence-electron chi connectivity index (χ0n) is 10.5. The van der Waals surface area contributed by atoms with Gasteiger partial charge in [0.2, 0.25) is 5.82 Å². The molecule has 0 spiro atoms. The molecule has 1 rings (SSSR count). The average molecular weight is 235 g/mol. The van der Waals surface area contributed by atoms with Gasteiger partial charge in [-0.1, -0.05) is 13.8 Å². The number of H-pyrrole nitrogens is 1. The van der Waals surface area contributed by atoms with Crippen molar-refractivity contribution in [2.24, 2.45) is 5.41 Å². The summed E-state index contributed by atoms with van der Waals surface area (Å²) in [5.74, 6) is 0.619. The molecule has 17 heavy (non-hydrogen) atoms. The Labute approximate surface area is 100 Å². The minimum absolute atomic E-state index is 0.113. The molecule has 0 saturated carbocycles. The van der Waals surface area contributed by atoms with Crippen LogP contribution in [-0.2, 0) is 0 Å². The number of aromatic nitrogens is 3. The molecule has 0 unspecified atom stereocenters. The molecule has 0 aliphatic rings. The number of carbonyl (C=O) groups is 1. The van der Waals surface area contributed by atoms with E-state index in [0.717, 1.165) is 0 Å². The van der Waals surface area contributed by atoms with Crippen LogP contribution in [0.25, 0.3) is 0 Å². The van der Waals surface area contributed by atoms with E-state index in [1.807, 2.05) is 13.8 Å². The number of nitrogens with zero attached hydrogens (tertiary/aromatic N) is 3. The van der Waals surface area contributed by atoms with E-state index in [0.29, 0.717) is 5.82 Å². The van der Waals surface area contributed by atoms with Crippen molar-refractivity contribution in [2.45, 2.75) is 33.6 Å². The molecule has 92 valence electrons. The molecule has 2 N–H and O–H groups in total. The van der Waals surface area contributed by atoms with Gasteiger partial charge in [0.05, 0.1) is 11.5 Å². The Morgan fingerprint density at radius 3 is 2.71 bits per heavy atom. The summed E-state index contributed by atoms with van der Waals surface area (Å²) in [4.78, 5) is 15.8. The number of hydrogen-bond donors (Lipinski definition) is 2. The first-order chi connectivity index (χ1) is 7.85. The van der Waals surface area contributed by atoms with Crippen molar-refractivity contribution >= 4 is 5.91 Å². The SMILES string of the molecule is CC(C)c1nc(C(=O)NCC(C)(C)C#N)n[nH]1. The van der Waals surface area contributed by atoms with E-state index in [1.54, 1.807) is 13.8 Å². The largest absolute Gasteiger partial charge is 0.348 e. The van der Waals surface area contributed by atoms with E-state index in [1.165, 1.54) is 0 Å². The third-order valence-corrected chi connectivity index (χ3v) is 2.25. The third-order valence-electron chi connectivity index (χ3n) is 2.25. The predicted octanol–water partition coefficient (Wildman–Crippen LogP) is 1.21. The highest BCUT2D eigenvalue weighted by atomic mass is 16.2. The molecule has 1 aromatic rings. The third kappa shape index (κ3) is 3.55. The molecule has 0 saturated heterocycles. The van der Waals surface area contributed by atoms with Crippen LogP contribution in [0, 0.1) is 16.7 Å². The minimum Gasteiger partial charge on any atom is -0.348 e. The number of carbonyl (C=O) groups excluding carboxylic acids is 1.